The molecular weight excluding hydrogens is 304 g/mol. The average molecular weight is 332 g/mol. The number of carbonyl (C=O) groups excluding carboxylic acids is 2. The van der Waals surface area contributed by atoms with E-state index in [1.807, 2.05) is 31.2 Å². The van der Waals surface area contributed by atoms with Gasteiger partial charge in [0, 0.05) is 43.6 Å². The minimum atomic E-state index is -0.111. The fourth-order valence-electron chi connectivity index (χ4n) is 2.79. The summed E-state index contributed by atoms with van der Waals surface area (Å²) in [6, 6.07) is 7.46. The minimum absolute atomic E-state index is 0.0117. The molecule has 0 atom stereocenters. The normalized spacial score (nSPS) is 16.0. The molecule has 1 amide bonds. The van der Waals surface area contributed by atoms with E-state index in [1.54, 1.807) is 0 Å². The Bertz CT molecular complexity index is 560. The van der Waals surface area contributed by atoms with Gasteiger partial charge in [0.15, 0.2) is 5.78 Å². The standard InChI is InChI=1S/C19H28N2O3/c1-15-4-6-16(7-5-15)17(22)8-9-18(23)20-14-19(2,3)21-10-12-24-13-11-21/h4-7H,8-14H2,1-3H3,(H,20,23). The van der Waals surface area contributed by atoms with E-state index in [-0.39, 0.29) is 30.1 Å². The van der Waals surface area contributed by atoms with Crippen molar-refractivity contribution in [3.8, 4) is 0 Å². The predicted octanol–water partition coefficient (Wildman–Crippen LogP) is 2.18. The minimum Gasteiger partial charge on any atom is -0.379 e. The zero-order valence-electron chi connectivity index (χ0n) is 14.9. The molecule has 0 aromatic heterocycles. The number of aryl methyl sites for hydroxylation is 1. The van der Waals surface area contributed by atoms with Crippen LogP contribution in [0, 0.1) is 6.92 Å². The van der Waals surface area contributed by atoms with Crippen LogP contribution in [0.1, 0.15) is 42.6 Å². The first-order chi connectivity index (χ1) is 11.4. The van der Waals surface area contributed by atoms with Crippen LogP contribution in [0.4, 0.5) is 0 Å². The second kappa shape index (κ2) is 8.40. The Kier molecular flexibility index (Phi) is 6.52. The van der Waals surface area contributed by atoms with Crippen LogP contribution in [0.3, 0.4) is 0 Å². The number of amides is 1. The van der Waals surface area contributed by atoms with Gasteiger partial charge >= 0.3 is 0 Å². The first-order valence-corrected chi connectivity index (χ1v) is 8.58. The highest BCUT2D eigenvalue weighted by Gasteiger charge is 2.28. The zero-order chi connectivity index (χ0) is 17.6. The highest BCUT2D eigenvalue weighted by Crippen LogP contribution is 2.15. The highest BCUT2D eigenvalue weighted by molar-refractivity contribution is 5.97. The van der Waals surface area contributed by atoms with Gasteiger partial charge in [0.2, 0.25) is 5.91 Å². The summed E-state index contributed by atoms with van der Waals surface area (Å²) in [7, 11) is 0. The van der Waals surface area contributed by atoms with Crippen LogP contribution in [0.15, 0.2) is 24.3 Å². The number of morpholine rings is 1. The fraction of sp³-hybridized carbons (Fsp3) is 0.579. The molecule has 1 aliphatic rings. The van der Waals surface area contributed by atoms with Gasteiger partial charge in [-0.05, 0) is 20.8 Å². The number of benzene rings is 1. The van der Waals surface area contributed by atoms with E-state index in [0.29, 0.717) is 12.1 Å². The Balaban J connectivity index is 1.74. The molecule has 2 rings (SSSR count). The van der Waals surface area contributed by atoms with Crippen LogP contribution < -0.4 is 5.32 Å². The molecular formula is C19H28N2O3. The third-order valence-corrected chi connectivity index (χ3v) is 4.54. The van der Waals surface area contributed by atoms with E-state index in [0.717, 1.165) is 31.9 Å². The van der Waals surface area contributed by atoms with Crippen molar-refractivity contribution in [3.05, 3.63) is 35.4 Å². The lowest BCUT2D eigenvalue weighted by atomic mass is 10.0. The second-order valence-corrected chi connectivity index (χ2v) is 6.98. The number of hydrogen-bond donors (Lipinski definition) is 1. The molecule has 0 bridgehead atoms. The van der Waals surface area contributed by atoms with E-state index >= 15 is 0 Å². The summed E-state index contributed by atoms with van der Waals surface area (Å²) in [6.45, 7) is 10.0. The number of Topliss-reactive ketones (excluding diaryl/α,β-unsaturated/α-hetero) is 1. The van der Waals surface area contributed by atoms with Gasteiger partial charge in [0.05, 0.1) is 13.2 Å². The van der Waals surface area contributed by atoms with E-state index in [2.05, 4.69) is 24.1 Å². The summed E-state index contributed by atoms with van der Waals surface area (Å²) in [5, 5.41) is 2.96. The van der Waals surface area contributed by atoms with E-state index in [1.165, 1.54) is 0 Å². The van der Waals surface area contributed by atoms with Crippen LogP contribution in [-0.2, 0) is 9.53 Å². The fourth-order valence-corrected chi connectivity index (χ4v) is 2.79. The van der Waals surface area contributed by atoms with Crippen molar-refractivity contribution in [3.63, 3.8) is 0 Å². The number of nitrogens with one attached hydrogen (secondary N) is 1. The highest BCUT2D eigenvalue weighted by atomic mass is 16.5. The summed E-state index contributed by atoms with van der Waals surface area (Å²) in [5.41, 5.74) is 1.68. The van der Waals surface area contributed by atoms with Gasteiger partial charge < -0.3 is 10.1 Å². The lowest BCUT2D eigenvalue weighted by Crippen LogP contribution is -2.55. The first-order valence-electron chi connectivity index (χ1n) is 8.58. The molecule has 5 heteroatoms. The Labute approximate surface area is 144 Å². The van der Waals surface area contributed by atoms with Crippen molar-refractivity contribution in [1.82, 2.24) is 10.2 Å². The number of rotatable bonds is 7. The molecule has 24 heavy (non-hydrogen) atoms. The number of nitrogens with zero attached hydrogens (tertiary/aromatic N) is 1. The Morgan fingerprint density at radius 2 is 1.75 bits per heavy atom. The van der Waals surface area contributed by atoms with Gasteiger partial charge in [-0.15, -0.1) is 0 Å². The molecule has 0 spiro atoms. The summed E-state index contributed by atoms with van der Waals surface area (Å²) >= 11 is 0. The van der Waals surface area contributed by atoms with Gasteiger partial charge in [0.1, 0.15) is 0 Å². The van der Waals surface area contributed by atoms with E-state index < -0.39 is 0 Å². The van der Waals surface area contributed by atoms with Crippen molar-refractivity contribution in [2.45, 2.75) is 39.2 Å². The molecule has 1 aliphatic heterocycles. The molecule has 0 saturated carbocycles. The molecule has 1 aromatic rings. The van der Waals surface area contributed by atoms with Crippen LogP contribution >= 0.6 is 0 Å². The zero-order valence-corrected chi connectivity index (χ0v) is 14.9. The first kappa shape index (κ1) is 18.6. The van der Waals surface area contributed by atoms with Gasteiger partial charge in [-0.25, -0.2) is 0 Å². The third-order valence-electron chi connectivity index (χ3n) is 4.54. The van der Waals surface area contributed by atoms with Crippen LogP contribution in [0.5, 0.6) is 0 Å². The summed E-state index contributed by atoms with van der Waals surface area (Å²) in [5.74, 6) is -0.0608. The van der Waals surface area contributed by atoms with E-state index in [9.17, 15) is 9.59 Å². The molecule has 1 N–H and O–H groups in total. The van der Waals surface area contributed by atoms with Crippen molar-refractivity contribution < 1.29 is 14.3 Å². The van der Waals surface area contributed by atoms with Crippen LogP contribution in [0.25, 0.3) is 0 Å². The topological polar surface area (TPSA) is 58.6 Å². The summed E-state index contributed by atoms with van der Waals surface area (Å²) in [6.07, 6.45) is 0.471. The molecule has 1 saturated heterocycles. The van der Waals surface area contributed by atoms with Gasteiger partial charge in [-0.3, -0.25) is 14.5 Å². The maximum Gasteiger partial charge on any atom is 0.220 e. The number of ether oxygens (including phenoxy) is 1. The van der Waals surface area contributed by atoms with Crippen molar-refractivity contribution >= 4 is 11.7 Å². The molecule has 0 aliphatic carbocycles. The quantitative estimate of drug-likeness (QED) is 0.778. The lowest BCUT2D eigenvalue weighted by molar-refractivity contribution is -0.121. The van der Waals surface area contributed by atoms with Crippen LogP contribution in [-0.4, -0.2) is 55.0 Å². The SMILES string of the molecule is Cc1ccc(C(=O)CCC(=O)NCC(C)(C)N2CCOCC2)cc1. The second-order valence-electron chi connectivity index (χ2n) is 6.98. The predicted molar refractivity (Wildman–Crippen MR) is 94.2 cm³/mol. The molecule has 5 nitrogen and oxygen atoms in total. The van der Waals surface area contributed by atoms with Crippen molar-refractivity contribution in [2.75, 3.05) is 32.8 Å². The van der Waals surface area contributed by atoms with Gasteiger partial charge in [0.25, 0.3) is 0 Å². The monoisotopic (exact) mass is 332 g/mol. The number of carbonyl (C=O) groups is 2. The smallest absolute Gasteiger partial charge is 0.220 e. The Hall–Kier alpha value is -1.72. The van der Waals surface area contributed by atoms with Gasteiger partial charge in [-0.2, -0.15) is 0 Å². The molecule has 1 fully saturated rings. The van der Waals surface area contributed by atoms with Crippen molar-refractivity contribution in [2.24, 2.45) is 0 Å². The van der Waals surface area contributed by atoms with Crippen LogP contribution in [0.2, 0.25) is 0 Å². The lowest BCUT2D eigenvalue weighted by Gasteiger charge is -2.40. The number of ketones is 1. The maximum atomic E-state index is 12.1. The van der Waals surface area contributed by atoms with Gasteiger partial charge in [-0.1, -0.05) is 29.8 Å². The molecule has 0 radical (unpaired) electrons. The molecule has 1 aromatic carbocycles. The third kappa shape index (κ3) is 5.42. The Morgan fingerprint density at radius 3 is 2.38 bits per heavy atom. The molecule has 1 heterocycles. The average Bonchev–Trinajstić information content (AvgIpc) is 2.59. The van der Waals surface area contributed by atoms with Crippen molar-refractivity contribution in [1.29, 1.82) is 0 Å². The summed E-state index contributed by atoms with van der Waals surface area (Å²) in [4.78, 5) is 26.5. The number of hydrogen-bond acceptors (Lipinski definition) is 4. The maximum absolute atomic E-state index is 12.1. The molecule has 132 valence electrons. The largest absolute Gasteiger partial charge is 0.379 e. The summed E-state index contributed by atoms with van der Waals surface area (Å²) < 4.78 is 5.37. The van der Waals surface area contributed by atoms with E-state index in [4.69, 9.17) is 4.74 Å². The Morgan fingerprint density at radius 1 is 1.12 bits per heavy atom. The molecule has 0 unspecified atom stereocenters.